The predicted molar refractivity (Wildman–Crippen MR) is 424 cm³/mol. The van der Waals surface area contributed by atoms with Gasteiger partial charge in [-0.25, -0.2) is 14.2 Å². The quantitative estimate of drug-likeness (QED) is 0.0623. The first kappa shape index (κ1) is 84.2. The highest BCUT2D eigenvalue weighted by atomic mass is 16.5. The first-order chi connectivity index (χ1) is 54.9. The normalized spacial score (nSPS) is 21.3. The van der Waals surface area contributed by atoms with Gasteiger partial charge in [-0.05, 0) is 107 Å². The second kappa shape index (κ2) is 37.0. The van der Waals surface area contributed by atoms with Gasteiger partial charge in [0.15, 0.2) is 0 Å². The fraction of sp³-hybridized carbons (Fsp3) is 0.446. The van der Waals surface area contributed by atoms with Crippen molar-refractivity contribution in [3.63, 3.8) is 0 Å². The molecule has 32 heteroatoms. The highest BCUT2D eigenvalue weighted by Crippen LogP contribution is 2.35. The van der Waals surface area contributed by atoms with E-state index >= 15 is 24.0 Å². The molecular weight excluding hydrogens is 1480 g/mol. The molecule has 6 aliphatic rings. The Hall–Kier alpha value is -11.7. The van der Waals surface area contributed by atoms with E-state index in [-0.39, 0.29) is 64.8 Å². The molecule has 14 rings (SSSR count). The zero-order valence-corrected chi connectivity index (χ0v) is 66.2. The number of carboxylic acid groups (broad SMARTS) is 1. The van der Waals surface area contributed by atoms with Gasteiger partial charge in [0, 0.05) is 51.6 Å². The number of ether oxygens (including phenoxy) is 2. The van der Waals surface area contributed by atoms with Crippen molar-refractivity contribution >= 4 is 80.7 Å². The Morgan fingerprint density at radius 2 is 0.904 bits per heavy atom. The number of aromatic nitrogens is 6. The SMILES string of the molecule is CNC(C)C(=O)NC(C(=O)N1CC2CC1C(=O)NC(Cc1ccc3ccccc3c1)C(=O)NC(C(=O)O)Cc1ccc(cc1)OCc1cn(nn1)C1CC(C(=O)NC(Cc3ccc4ccccc4c3)C(=O)NC(C(=O)NC(CO)CO)Cc3ccc(cc3)OCc3cn2nn3)N(C(=O)C(NC(=O)C(C)NC)C(C)(C)C)C1)C(C)(C)C. The lowest BCUT2D eigenvalue weighted by atomic mass is 9.85. The van der Waals surface area contributed by atoms with Crippen molar-refractivity contribution in [2.24, 2.45) is 10.8 Å². The van der Waals surface area contributed by atoms with E-state index in [1.54, 1.807) is 130 Å². The van der Waals surface area contributed by atoms with Crippen LogP contribution in [0.2, 0.25) is 0 Å². The van der Waals surface area contributed by atoms with Crippen LogP contribution in [0.25, 0.3) is 21.5 Å². The van der Waals surface area contributed by atoms with Gasteiger partial charge in [0.25, 0.3) is 0 Å². The highest BCUT2D eigenvalue weighted by molar-refractivity contribution is 5.99. The number of aliphatic carboxylic acids is 1. The number of rotatable bonds is 17. The molecule has 32 nitrogen and oxygen atoms in total. The summed E-state index contributed by atoms with van der Waals surface area (Å²) in [7, 11) is 3.21. The summed E-state index contributed by atoms with van der Waals surface area (Å²) in [6, 6.07) is 24.7. The number of aliphatic hydroxyl groups excluding tert-OH is 2. The number of nitrogens with zero attached hydrogens (tertiary/aromatic N) is 8. The topological polar surface area (TPSA) is 426 Å². The molecule has 8 aromatic rings. The molecule has 610 valence electrons. The van der Waals surface area contributed by atoms with E-state index in [9.17, 15) is 39.3 Å². The number of carbonyl (C=O) groups excluding carboxylic acids is 9. The van der Waals surface area contributed by atoms with E-state index in [0.717, 1.165) is 21.5 Å². The van der Waals surface area contributed by atoms with Crippen molar-refractivity contribution in [1.82, 2.24) is 87.6 Å². The number of nitrogens with one attached hydrogen (secondary N) is 9. The Morgan fingerprint density at radius 1 is 0.513 bits per heavy atom. The van der Waals surface area contributed by atoms with Crippen LogP contribution in [0.3, 0.4) is 0 Å². The maximum absolute atomic E-state index is 15.5. The van der Waals surface area contributed by atoms with Crippen LogP contribution in [0.15, 0.2) is 146 Å². The largest absolute Gasteiger partial charge is 0.487 e. The molecular formula is C83H103N17O15. The van der Waals surface area contributed by atoms with Gasteiger partial charge in [-0.1, -0.05) is 161 Å². The maximum atomic E-state index is 15.5. The number of benzene rings is 6. The van der Waals surface area contributed by atoms with Crippen LogP contribution in [-0.4, -0.2) is 221 Å². The average molecular weight is 1580 g/mol. The number of carboxylic acids is 1. The van der Waals surface area contributed by atoms with Gasteiger partial charge in [-0.15, -0.1) is 10.2 Å². The second-order valence-electron chi connectivity index (χ2n) is 32.0. The van der Waals surface area contributed by atoms with Gasteiger partial charge in [0.2, 0.25) is 53.2 Å². The van der Waals surface area contributed by atoms with E-state index in [1.807, 2.05) is 84.9 Å². The molecule has 8 heterocycles. The van der Waals surface area contributed by atoms with Crippen molar-refractivity contribution in [2.75, 3.05) is 40.4 Å². The summed E-state index contributed by atoms with van der Waals surface area (Å²) in [5, 5.41) is 78.0. The van der Waals surface area contributed by atoms with Crippen LogP contribution in [0.5, 0.6) is 11.5 Å². The lowest BCUT2D eigenvalue weighted by molar-refractivity contribution is -0.145. The third-order valence-electron chi connectivity index (χ3n) is 21.4. The molecule has 2 fully saturated rings. The van der Waals surface area contributed by atoms with Crippen LogP contribution in [0, 0.1) is 10.8 Å². The van der Waals surface area contributed by atoms with Crippen molar-refractivity contribution < 1.29 is 72.7 Å². The molecule has 2 aromatic heterocycles. The Balaban J connectivity index is 0.944. The predicted octanol–water partition coefficient (Wildman–Crippen LogP) is 2.67. The van der Waals surface area contributed by atoms with Crippen molar-refractivity contribution in [3.05, 3.63) is 179 Å². The summed E-state index contributed by atoms with van der Waals surface area (Å²) in [6.45, 7) is 12.2. The summed E-state index contributed by atoms with van der Waals surface area (Å²) in [5.41, 5.74) is 1.11. The minimum Gasteiger partial charge on any atom is -0.487 e. The number of amides is 9. The number of likely N-dealkylation sites (N-methyl/N-ethyl adjacent to an activating group) is 2. The summed E-state index contributed by atoms with van der Waals surface area (Å²) in [4.78, 5) is 149. The Morgan fingerprint density at radius 3 is 1.29 bits per heavy atom. The van der Waals surface area contributed by atoms with Gasteiger partial charge >= 0.3 is 5.97 Å². The first-order valence-electron chi connectivity index (χ1n) is 38.6. The van der Waals surface area contributed by atoms with E-state index in [2.05, 4.69) is 68.5 Å². The molecule has 9 amide bonds. The van der Waals surface area contributed by atoms with Crippen LogP contribution in [-0.2, 0) is 86.8 Å². The number of hydrogen-bond acceptors (Lipinski definition) is 20. The van der Waals surface area contributed by atoms with Gasteiger partial charge in [0.1, 0.15) is 84.4 Å². The van der Waals surface area contributed by atoms with Gasteiger partial charge in [-0.3, -0.25) is 43.2 Å². The lowest BCUT2D eigenvalue weighted by Gasteiger charge is -2.36. The van der Waals surface area contributed by atoms with Crippen molar-refractivity contribution in [2.45, 2.75) is 186 Å². The van der Waals surface area contributed by atoms with E-state index in [1.165, 1.54) is 19.2 Å². The third-order valence-corrected chi connectivity index (χ3v) is 21.4. The smallest absolute Gasteiger partial charge is 0.326 e. The Kier molecular flexibility index (Phi) is 27.1. The molecule has 2 saturated heterocycles. The van der Waals surface area contributed by atoms with E-state index in [0.29, 0.717) is 45.1 Å². The van der Waals surface area contributed by atoms with Gasteiger partial charge in [0.05, 0.1) is 55.8 Å². The number of aliphatic hydroxyl groups is 2. The molecule has 12 unspecified atom stereocenters. The number of likely N-dealkylation sites (tertiary alicyclic amines) is 2. The third kappa shape index (κ3) is 21.2. The molecule has 12 bridgehead atoms. The molecule has 0 aliphatic carbocycles. The highest BCUT2D eigenvalue weighted by Gasteiger charge is 2.49. The lowest BCUT2D eigenvalue weighted by Crippen LogP contribution is -2.61. The van der Waals surface area contributed by atoms with Crippen LogP contribution in [0.4, 0.5) is 0 Å². The molecule has 12 atom stereocenters. The minimum atomic E-state index is -1.53. The van der Waals surface area contributed by atoms with Crippen molar-refractivity contribution in [3.8, 4) is 11.5 Å². The summed E-state index contributed by atoms with van der Waals surface area (Å²) < 4.78 is 15.5. The first-order valence-corrected chi connectivity index (χ1v) is 38.6. The minimum absolute atomic E-state index is 0.0531. The Bertz CT molecular complexity index is 4820. The molecule has 6 aromatic carbocycles. The van der Waals surface area contributed by atoms with Crippen LogP contribution >= 0.6 is 0 Å². The molecule has 115 heavy (non-hydrogen) atoms. The maximum Gasteiger partial charge on any atom is 0.326 e. The molecule has 0 saturated carbocycles. The fourth-order valence-corrected chi connectivity index (χ4v) is 14.3. The average Bonchev–Trinajstić information content (AvgIpc) is 1.67. The number of hydrogen-bond donors (Lipinski definition) is 12. The molecule has 0 spiro atoms. The van der Waals surface area contributed by atoms with Gasteiger partial charge < -0.3 is 82.4 Å². The summed E-state index contributed by atoms with van der Waals surface area (Å²) >= 11 is 0. The zero-order chi connectivity index (χ0) is 82.6. The van der Waals surface area contributed by atoms with Gasteiger partial charge in [-0.2, -0.15) is 0 Å². The molecule has 6 aliphatic heterocycles. The van der Waals surface area contributed by atoms with E-state index in [4.69, 9.17) is 9.47 Å². The summed E-state index contributed by atoms with van der Waals surface area (Å²) in [5.74, 6) is -6.70. The molecule has 12 N–H and O–H groups in total. The monoisotopic (exact) mass is 1580 g/mol. The van der Waals surface area contributed by atoms with Crippen LogP contribution in [0.1, 0.15) is 114 Å². The van der Waals surface area contributed by atoms with Crippen molar-refractivity contribution in [1.29, 1.82) is 0 Å². The summed E-state index contributed by atoms with van der Waals surface area (Å²) in [6.07, 6.45) is 2.51. The van der Waals surface area contributed by atoms with E-state index < -0.39 is 162 Å². The second-order valence-corrected chi connectivity index (χ2v) is 32.0. The number of carbonyl (C=O) groups is 10. The Labute approximate surface area is 665 Å². The fourth-order valence-electron chi connectivity index (χ4n) is 14.3. The number of fused-ring (bicyclic) bond motifs is 2. The standard InChI is InChI=1S/C83H103N17O15/c1-47(84-9)72(103)91-70(82(3,4)5)79(110)97-41-60-37-68(97)77(108)88-65(35-51-19-25-53-15-11-13-17-55(53)31-51)75(106)87-64(74(105)86-59(43-101)44-102)33-49-21-27-62(28-22-49)114-45-57-39-100(95-93-57)61-38-69(98(42-61)80(111)71(83(6,7)8)92-73(104)48(2)85-10)78(109)89-66(36-52-20-26-54-16-12-14-18-56(54)32-52)76(107)90-67(81(112)113)34-50-23-29-63(30-24-50)115-46-58-40-99(60)96-94-58/h11-32,39-40,47-48,59-61,64-71,84-85,101-102H,33-38,41-46H2,1-10H3,(H,86,105)(H,87,106)(H,88,108)(H,89,109)(H,90,107)(H,91,103)(H,92,104)(H,112,113). The molecule has 0 radical (unpaired) electrons. The zero-order valence-electron chi connectivity index (χ0n) is 66.2. The van der Waals surface area contributed by atoms with Crippen LogP contribution < -0.4 is 57.3 Å².